The number of aromatic nitrogens is 1. The summed E-state index contributed by atoms with van der Waals surface area (Å²) in [7, 11) is 0. The number of fused-ring (bicyclic) bond motifs is 2. The fourth-order valence-electron chi connectivity index (χ4n) is 7.19. The molecule has 4 aromatic carbocycles. The van der Waals surface area contributed by atoms with Gasteiger partial charge in [-0.15, -0.1) is 0 Å². The van der Waals surface area contributed by atoms with Crippen molar-refractivity contribution in [2.75, 3.05) is 44.6 Å². The van der Waals surface area contributed by atoms with E-state index in [1.807, 2.05) is 71.6 Å². The van der Waals surface area contributed by atoms with Crippen molar-refractivity contribution in [1.82, 2.24) is 20.1 Å². The van der Waals surface area contributed by atoms with Crippen LogP contribution in [0.3, 0.4) is 0 Å². The molecule has 0 spiro atoms. The maximum Gasteiger partial charge on any atom is 0.411 e. The number of hydrogen-bond acceptors (Lipinski definition) is 8. The van der Waals surface area contributed by atoms with Crippen LogP contribution in [0.4, 0.5) is 10.5 Å². The Morgan fingerprint density at radius 2 is 1.67 bits per heavy atom. The van der Waals surface area contributed by atoms with Crippen LogP contribution in [-0.4, -0.2) is 82.4 Å². The number of rotatable bonds is 11. The zero-order chi connectivity index (χ0) is 36.0. The highest BCUT2D eigenvalue weighted by Gasteiger charge is 2.27. The zero-order valence-electron chi connectivity index (χ0n) is 28.9. The molecule has 7 rings (SSSR count). The van der Waals surface area contributed by atoms with Crippen molar-refractivity contribution in [1.29, 1.82) is 0 Å². The molecule has 0 saturated carbocycles. The van der Waals surface area contributed by atoms with Crippen LogP contribution in [0.5, 0.6) is 5.75 Å². The van der Waals surface area contributed by atoms with Crippen LogP contribution in [-0.2, 0) is 17.7 Å². The number of carbonyl (C=O) groups is 2. The van der Waals surface area contributed by atoms with Crippen molar-refractivity contribution in [3.63, 3.8) is 0 Å². The number of anilines is 1. The molecule has 2 aliphatic heterocycles. The number of H-pyrrole nitrogens is 1. The van der Waals surface area contributed by atoms with E-state index in [0.717, 1.165) is 66.7 Å². The lowest BCUT2D eigenvalue weighted by molar-refractivity contribution is 0.0517. The van der Waals surface area contributed by atoms with Gasteiger partial charge in [0.05, 0.1) is 17.3 Å². The van der Waals surface area contributed by atoms with Crippen LogP contribution >= 0.6 is 0 Å². The number of benzene rings is 4. The molecule has 11 nitrogen and oxygen atoms in total. The molecule has 0 bridgehead atoms. The van der Waals surface area contributed by atoms with Gasteiger partial charge in [-0.05, 0) is 65.8 Å². The first-order chi connectivity index (χ1) is 25.3. The standard InChI is InChI=1S/C41H43N5O6/c47-36-14-12-33(34-13-15-38(49)44-39(34)36)37(48)26-42-25-27-10-11-32-29(24-27)16-21-46(40(32)50)23-22-45-19-17-30(18-20-45)52-41(51)43-35-9-5-4-8-31(35)28-6-2-1-3-7-28/h1-15,24,30,37,42,47-48H,16-23,25-26H2,(H,43,51)(H,44,49)/t37-/m0/s1. The van der Waals surface area contributed by atoms with Gasteiger partial charge in [0.15, 0.2) is 0 Å². The number of carbonyl (C=O) groups excluding carboxylic acids is 2. The summed E-state index contributed by atoms with van der Waals surface area (Å²) in [5.41, 5.74) is 6.04. The Balaban J connectivity index is 0.848. The van der Waals surface area contributed by atoms with Crippen molar-refractivity contribution in [2.45, 2.75) is 38.0 Å². The molecule has 1 atom stereocenters. The van der Waals surface area contributed by atoms with Gasteiger partial charge in [0, 0.05) is 68.4 Å². The minimum absolute atomic E-state index is 0.0408. The van der Waals surface area contributed by atoms with Gasteiger partial charge in [0.1, 0.15) is 11.9 Å². The fraction of sp³-hybridized carbons (Fsp3) is 0.293. The molecule has 52 heavy (non-hydrogen) atoms. The van der Waals surface area contributed by atoms with Crippen LogP contribution in [0.25, 0.3) is 22.0 Å². The molecule has 0 aliphatic carbocycles. The van der Waals surface area contributed by atoms with Gasteiger partial charge in [0.2, 0.25) is 5.56 Å². The molecule has 0 unspecified atom stereocenters. The molecule has 5 N–H and O–H groups in total. The topological polar surface area (TPSA) is 147 Å². The molecule has 2 amide bonds. The van der Waals surface area contributed by atoms with Crippen molar-refractivity contribution >= 4 is 28.6 Å². The summed E-state index contributed by atoms with van der Waals surface area (Å²) in [5, 5.41) is 27.8. The van der Waals surface area contributed by atoms with Gasteiger partial charge in [-0.2, -0.15) is 0 Å². The molecular formula is C41H43N5O6. The summed E-state index contributed by atoms with van der Waals surface area (Å²) in [5.74, 6) is -0.00622. The van der Waals surface area contributed by atoms with E-state index in [4.69, 9.17) is 4.74 Å². The summed E-state index contributed by atoms with van der Waals surface area (Å²) in [6.45, 7) is 4.43. The number of nitrogens with zero attached hydrogens (tertiary/aromatic N) is 2. The third-order valence-electron chi connectivity index (χ3n) is 10.0. The van der Waals surface area contributed by atoms with Crippen LogP contribution in [0.1, 0.15) is 46.0 Å². The summed E-state index contributed by atoms with van der Waals surface area (Å²) in [4.78, 5) is 44.8. The SMILES string of the molecule is O=C(Nc1ccccc1-c1ccccc1)OC1CCN(CCN2CCc3cc(CNC[C@H](O)c4ccc(O)c5[nH]c(=O)ccc45)ccc3C2=O)CC1. The molecular weight excluding hydrogens is 658 g/mol. The minimum Gasteiger partial charge on any atom is -0.506 e. The van der Waals surface area contributed by atoms with Crippen LogP contribution < -0.4 is 16.2 Å². The molecule has 11 heteroatoms. The minimum atomic E-state index is -0.854. The number of para-hydroxylation sites is 1. The van der Waals surface area contributed by atoms with E-state index >= 15 is 0 Å². The van der Waals surface area contributed by atoms with E-state index in [1.165, 1.54) is 12.1 Å². The van der Waals surface area contributed by atoms with E-state index in [9.17, 15) is 24.6 Å². The molecule has 2 aliphatic rings. The maximum absolute atomic E-state index is 13.4. The number of ether oxygens (including phenoxy) is 1. The Labute approximate surface area is 301 Å². The van der Waals surface area contributed by atoms with Crippen molar-refractivity contribution < 1.29 is 24.5 Å². The number of aliphatic hydroxyl groups excluding tert-OH is 1. The fourth-order valence-corrected chi connectivity index (χ4v) is 7.19. The Morgan fingerprint density at radius 3 is 2.50 bits per heavy atom. The average molecular weight is 702 g/mol. The monoisotopic (exact) mass is 701 g/mol. The number of hydrogen-bond donors (Lipinski definition) is 5. The Bertz CT molecular complexity index is 2110. The summed E-state index contributed by atoms with van der Waals surface area (Å²) >= 11 is 0. The molecule has 5 aromatic rings. The maximum atomic E-state index is 13.4. The van der Waals surface area contributed by atoms with Crippen molar-refractivity contribution in [3.8, 4) is 16.9 Å². The van der Waals surface area contributed by atoms with Crippen molar-refractivity contribution in [2.24, 2.45) is 0 Å². The van der Waals surface area contributed by atoms with Gasteiger partial charge in [-0.3, -0.25) is 14.9 Å². The first-order valence-electron chi connectivity index (χ1n) is 17.8. The first kappa shape index (κ1) is 34.9. The zero-order valence-corrected chi connectivity index (χ0v) is 28.9. The second-order valence-corrected chi connectivity index (χ2v) is 13.4. The highest BCUT2D eigenvalue weighted by molar-refractivity contribution is 5.97. The second-order valence-electron chi connectivity index (χ2n) is 13.4. The lowest BCUT2D eigenvalue weighted by Gasteiger charge is -2.34. The first-order valence-corrected chi connectivity index (χ1v) is 17.8. The Hall–Kier alpha value is -5.49. The number of aromatic amines is 1. The summed E-state index contributed by atoms with van der Waals surface area (Å²) in [6, 6.07) is 29.6. The number of amides is 2. The third-order valence-corrected chi connectivity index (χ3v) is 10.0. The van der Waals surface area contributed by atoms with Gasteiger partial charge >= 0.3 is 6.09 Å². The van der Waals surface area contributed by atoms with Gasteiger partial charge < -0.3 is 35.1 Å². The molecule has 1 fully saturated rings. The number of nitrogens with one attached hydrogen (secondary N) is 3. The Morgan fingerprint density at radius 1 is 0.885 bits per heavy atom. The lowest BCUT2D eigenvalue weighted by Crippen LogP contribution is -2.45. The number of aliphatic hydroxyl groups is 1. The second kappa shape index (κ2) is 15.8. The van der Waals surface area contributed by atoms with E-state index in [2.05, 4.69) is 26.6 Å². The van der Waals surface area contributed by atoms with E-state index in [0.29, 0.717) is 41.8 Å². The Kier molecular flexibility index (Phi) is 10.6. The molecule has 1 saturated heterocycles. The number of piperidine rings is 1. The highest BCUT2D eigenvalue weighted by atomic mass is 16.6. The van der Waals surface area contributed by atoms with Crippen LogP contribution in [0, 0.1) is 0 Å². The number of aromatic hydroxyl groups is 1. The normalized spacial score (nSPS) is 15.7. The van der Waals surface area contributed by atoms with Gasteiger partial charge in [0.25, 0.3) is 5.91 Å². The van der Waals surface area contributed by atoms with Gasteiger partial charge in [-0.1, -0.05) is 66.7 Å². The van der Waals surface area contributed by atoms with Crippen molar-refractivity contribution in [3.05, 3.63) is 130 Å². The lowest BCUT2D eigenvalue weighted by atomic mass is 9.96. The highest BCUT2D eigenvalue weighted by Crippen LogP contribution is 2.30. The van der Waals surface area contributed by atoms with Crippen LogP contribution in [0.2, 0.25) is 0 Å². The molecule has 0 radical (unpaired) electrons. The number of pyridine rings is 1. The largest absolute Gasteiger partial charge is 0.506 e. The number of phenolic OH excluding ortho intramolecular Hbond substituents is 1. The average Bonchev–Trinajstić information content (AvgIpc) is 3.16. The van der Waals surface area contributed by atoms with E-state index in [1.54, 1.807) is 12.1 Å². The van der Waals surface area contributed by atoms with Crippen LogP contribution in [0.15, 0.2) is 102 Å². The number of likely N-dealkylation sites (tertiary alicyclic amines) is 1. The van der Waals surface area contributed by atoms with Gasteiger partial charge in [-0.25, -0.2) is 4.79 Å². The predicted octanol–water partition coefficient (Wildman–Crippen LogP) is 5.44. The third kappa shape index (κ3) is 8.02. The summed E-state index contributed by atoms with van der Waals surface area (Å²) in [6.07, 6.45) is 0.796. The molecule has 268 valence electrons. The smallest absolute Gasteiger partial charge is 0.411 e. The molecule has 3 heterocycles. The number of phenols is 1. The molecule has 1 aromatic heterocycles. The van der Waals surface area contributed by atoms with E-state index < -0.39 is 12.2 Å². The quantitative estimate of drug-likeness (QED) is 0.123. The van der Waals surface area contributed by atoms with E-state index in [-0.39, 0.29) is 29.9 Å². The summed E-state index contributed by atoms with van der Waals surface area (Å²) < 4.78 is 5.80. The predicted molar refractivity (Wildman–Crippen MR) is 200 cm³/mol.